The van der Waals surface area contributed by atoms with Crippen LogP contribution in [0.2, 0.25) is 10.0 Å². The second-order valence-electron chi connectivity index (χ2n) is 3.36. The van der Waals surface area contributed by atoms with E-state index in [1.165, 1.54) is 0 Å². The van der Waals surface area contributed by atoms with Crippen molar-refractivity contribution in [1.29, 1.82) is 0 Å². The summed E-state index contributed by atoms with van der Waals surface area (Å²) in [5, 5.41) is 8.75. The Balaban J connectivity index is 2.46. The molecule has 0 fully saturated rings. The molecule has 1 heterocycles. The van der Waals surface area contributed by atoms with Crippen LogP contribution in [0.3, 0.4) is 0 Å². The van der Waals surface area contributed by atoms with Crippen molar-refractivity contribution in [3.63, 3.8) is 0 Å². The highest BCUT2D eigenvalue weighted by Crippen LogP contribution is 2.30. The van der Waals surface area contributed by atoms with E-state index < -0.39 is 0 Å². The largest absolute Gasteiger partial charge is 0.419 e. The first-order valence-corrected chi connectivity index (χ1v) is 5.38. The molecule has 6 heteroatoms. The van der Waals surface area contributed by atoms with Crippen molar-refractivity contribution < 1.29 is 4.42 Å². The summed E-state index contributed by atoms with van der Waals surface area (Å²) in [7, 11) is 0. The molecular weight excluding hydrogens is 249 g/mol. The quantitative estimate of drug-likeness (QED) is 0.898. The summed E-state index contributed by atoms with van der Waals surface area (Å²) in [6.07, 6.45) is 0. The van der Waals surface area contributed by atoms with Crippen LogP contribution in [0.4, 0.5) is 0 Å². The lowest BCUT2D eigenvalue weighted by Crippen LogP contribution is -2.04. The van der Waals surface area contributed by atoms with Gasteiger partial charge in [-0.3, -0.25) is 0 Å². The molecule has 1 aromatic carbocycles. The minimum Gasteiger partial charge on any atom is -0.419 e. The van der Waals surface area contributed by atoms with Crippen molar-refractivity contribution in [2.24, 2.45) is 5.73 Å². The normalized spacial score (nSPS) is 12.8. The summed E-state index contributed by atoms with van der Waals surface area (Å²) >= 11 is 11.9. The molecule has 1 aromatic heterocycles. The van der Waals surface area contributed by atoms with E-state index in [0.29, 0.717) is 27.4 Å². The Bertz CT molecular complexity index is 511. The SMILES string of the molecule is CC(N)c1nnc(-c2cc(Cl)ccc2Cl)o1. The zero-order valence-electron chi connectivity index (χ0n) is 8.45. The summed E-state index contributed by atoms with van der Waals surface area (Å²) in [6.45, 7) is 1.76. The second kappa shape index (κ2) is 4.41. The first kappa shape index (κ1) is 11.4. The highest BCUT2D eigenvalue weighted by Gasteiger charge is 2.14. The lowest BCUT2D eigenvalue weighted by molar-refractivity contribution is 0.473. The first-order chi connectivity index (χ1) is 7.58. The Hall–Kier alpha value is -1.10. The van der Waals surface area contributed by atoms with Gasteiger partial charge in [-0.25, -0.2) is 0 Å². The van der Waals surface area contributed by atoms with Gasteiger partial charge in [0.25, 0.3) is 0 Å². The molecule has 0 aliphatic heterocycles. The molecule has 0 aliphatic rings. The van der Waals surface area contributed by atoms with Crippen LogP contribution < -0.4 is 5.73 Å². The Labute approximate surface area is 102 Å². The number of aromatic nitrogens is 2. The third kappa shape index (κ3) is 2.19. The number of benzene rings is 1. The van der Waals surface area contributed by atoms with E-state index in [0.717, 1.165) is 0 Å². The minimum atomic E-state index is -0.306. The third-order valence-electron chi connectivity index (χ3n) is 1.99. The summed E-state index contributed by atoms with van der Waals surface area (Å²) in [4.78, 5) is 0. The first-order valence-electron chi connectivity index (χ1n) is 4.62. The molecule has 0 bridgehead atoms. The maximum atomic E-state index is 6.00. The number of nitrogens with zero attached hydrogens (tertiary/aromatic N) is 2. The molecule has 84 valence electrons. The van der Waals surface area contributed by atoms with Crippen LogP contribution in [0.1, 0.15) is 18.9 Å². The maximum Gasteiger partial charge on any atom is 0.249 e. The minimum absolute atomic E-state index is 0.306. The van der Waals surface area contributed by atoms with Crippen LogP contribution in [-0.2, 0) is 0 Å². The molecule has 1 unspecified atom stereocenters. The van der Waals surface area contributed by atoms with Crippen molar-refractivity contribution in [2.75, 3.05) is 0 Å². The van der Waals surface area contributed by atoms with Gasteiger partial charge in [0.15, 0.2) is 0 Å². The molecule has 0 amide bonds. The summed E-state index contributed by atoms with van der Waals surface area (Å²) in [5.74, 6) is 0.686. The van der Waals surface area contributed by atoms with Gasteiger partial charge in [-0.05, 0) is 25.1 Å². The van der Waals surface area contributed by atoms with Gasteiger partial charge in [-0.15, -0.1) is 10.2 Å². The van der Waals surface area contributed by atoms with Crippen LogP contribution in [-0.4, -0.2) is 10.2 Å². The van der Waals surface area contributed by atoms with Crippen molar-refractivity contribution in [3.8, 4) is 11.5 Å². The van der Waals surface area contributed by atoms with Crippen LogP contribution in [0.25, 0.3) is 11.5 Å². The highest BCUT2D eigenvalue weighted by molar-refractivity contribution is 6.35. The van der Waals surface area contributed by atoms with E-state index >= 15 is 0 Å². The van der Waals surface area contributed by atoms with E-state index in [-0.39, 0.29) is 6.04 Å². The number of hydrogen-bond donors (Lipinski definition) is 1. The van der Waals surface area contributed by atoms with Crippen LogP contribution >= 0.6 is 23.2 Å². The predicted molar refractivity (Wildman–Crippen MR) is 62.4 cm³/mol. The average Bonchev–Trinajstić information content (AvgIpc) is 2.70. The van der Waals surface area contributed by atoms with Gasteiger partial charge in [-0.2, -0.15) is 0 Å². The Morgan fingerprint density at radius 1 is 1.31 bits per heavy atom. The zero-order chi connectivity index (χ0) is 11.7. The second-order valence-corrected chi connectivity index (χ2v) is 4.20. The fourth-order valence-electron chi connectivity index (χ4n) is 1.19. The summed E-state index contributed by atoms with van der Waals surface area (Å²) < 4.78 is 5.38. The number of halogens is 2. The van der Waals surface area contributed by atoms with Gasteiger partial charge < -0.3 is 10.2 Å². The zero-order valence-corrected chi connectivity index (χ0v) is 9.96. The van der Waals surface area contributed by atoms with E-state index in [4.69, 9.17) is 33.4 Å². The topological polar surface area (TPSA) is 64.9 Å². The van der Waals surface area contributed by atoms with Crippen LogP contribution in [0.15, 0.2) is 22.6 Å². The molecule has 0 saturated heterocycles. The smallest absolute Gasteiger partial charge is 0.249 e. The number of hydrogen-bond acceptors (Lipinski definition) is 4. The van der Waals surface area contributed by atoms with Gasteiger partial charge in [0.1, 0.15) is 0 Å². The Morgan fingerprint density at radius 2 is 2.06 bits per heavy atom. The Kier molecular flexibility index (Phi) is 3.14. The van der Waals surface area contributed by atoms with Crippen molar-refractivity contribution >= 4 is 23.2 Å². The van der Waals surface area contributed by atoms with Crippen LogP contribution in [0.5, 0.6) is 0 Å². The third-order valence-corrected chi connectivity index (χ3v) is 2.55. The molecule has 1 atom stereocenters. The number of rotatable bonds is 2. The Morgan fingerprint density at radius 3 is 2.69 bits per heavy atom. The predicted octanol–water partition coefficient (Wildman–Crippen LogP) is 3.06. The highest BCUT2D eigenvalue weighted by atomic mass is 35.5. The lowest BCUT2D eigenvalue weighted by Gasteiger charge is -1.99. The lowest BCUT2D eigenvalue weighted by atomic mass is 10.2. The molecule has 0 radical (unpaired) electrons. The van der Waals surface area contributed by atoms with Gasteiger partial charge in [-0.1, -0.05) is 23.2 Å². The van der Waals surface area contributed by atoms with Gasteiger partial charge >= 0.3 is 0 Å². The average molecular weight is 258 g/mol. The van der Waals surface area contributed by atoms with E-state index in [2.05, 4.69) is 10.2 Å². The monoisotopic (exact) mass is 257 g/mol. The standard InChI is InChI=1S/C10H9Cl2N3O/c1-5(13)9-14-15-10(16-9)7-4-6(11)2-3-8(7)12/h2-5H,13H2,1H3. The van der Waals surface area contributed by atoms with Crippen LogP contribution in [0, 0.1) is 0 Å². The number of nitrogens with two attached hydrogens (primary N) is 1. The summed E-state index contributed by atoms with van der Waals surface area (Å²) in [6, 6.07) is 4.73. The molecule has 2 N–H and O–H groups in total. The van der Waals surface area contributed by atoms with Crippen molar-refractivity contribution in [2.45, 2.75) is 13.0 Å². The molecular formula is C10H9Cl2N3O. The molecule has 2 rings (SSSR count). The fourth-order valence-corrected chi connectivity index (χ4v) is 1.56. The fraction of sp³-hybridized carbons (Fsp3) is 0.200. The molecule has 0 aliphatic carbocycles. The van der Waals surface area contributed by atoms with Crippen molar-refractivity contribution in [1.82, 2.24) is 10.2 Å². The molecule has 0 spiro atoms. The maximum absolute atomic E-state index is 6.00. The van der Waals surface area contributed by atoms with E-state index in [9.17, 15) is 0 Å². The molecule has 16 heavy (non-hydrogen) atoms. The molecule has 0 saturated carbocycles. The van der Waals surface area contributed by atoms with Gasteiger partial charge in [0, 0.05) is 5.02 Å². The van der Waals surface area contributed by atoms with Gasteiger partial charge in [0.05, 0.1) is 16.6 Å². The summed E-state index contributed by atoms with van der Waals surface area (Å²) in [5.41, 5.74) is 6.22. The van der Waals surface area contributed by atoms with Gasteiger partial charge in [0.2, 0.25) is 11.8 Å². The molecule has 2 aromatic rings. The molecule has 4 nitrogen and oxygen atoms in total. The van der Waals surface area contributed by atoms with E-state index in [1.54, 1.807) is 25.1 Å². The van der Waals surface area contributed by atoms with E-state index in [1.807, 2.05) is 0 Å². The van der Waals surface area contributed by atoms with Crippen molar-refractivity contribution in [3.05, 3.63) is 34.1 Å².